The molecule has 5 heteroatoms. The third-order valence-electron chi connectivity index (χ3n) is 3.62. The highest BCUT2D eigenvalue weighted by atomic mass is 16.6. The number of aliphatic hydroxyl groups is 1. The minimum atomic E-state index is -0.500. The average Bonchev–Trinajstić information content (AvgIpc) is 2.45. The summed E-state index contributed by atoms with van der Waals surface area (Å²) in [5.74, 6) is 0.765. The van der Waals surface area contributed by atoms with Crippen LogP contribution in [-0.4, -0.2) is 36.1 Å². The third kappa shape index (κ3) is 6.79. The second kappa shape index (κ2) is 8.38. The van der Waals surface area contributed by atoms with E-state index >= 15 is 0 Å². The van der Waals surface area contributed by atoms with E-state index in [1.807, 2.05) is 52.0 Å². The van der Waals surface area contributed by atoms with Gasteiger partial charge in [0.25, 0.3) is 0 Å². The van der Waals surface area contributed by atoms with Gasteiger partial charge in [-0.2, -0.15) is 0 Å². The zero-order chi connectivity index (χ0) is 18.4. The van der Waals surface area contributed by atoms with Gasteiger partial charge in [0.2, 0.25) is 0 Å². The number of hydrogen-bond donors (Lipinski definition) is 2. The van der Waals surface area contributed by atoms with E-state index in [0.717, 1.165) is 17.7 Å². The van der Waals surface area contributed by atoms with E-state index < -0.39 is 11.7 Å². The molecule has 0 unspecified atom stereocenters. The molecule has 0 radical (unpaired) electrons. The van der Waals surface area contributed by atoms with Crippen LogP contribution in [-0.2, 0) is 10.2 Å². The van der Waals surface area contributed by atoms with E-state index in [4.69, 9.17) is 9.47 Å². The molecule has 0 fully saturated rings. The summed E-state index contributed by atoms with van der Waals surface area (Å²) in [5, 5.41) is 12.0. The Morgan fingerprint density at radius 2 is 1.83 bits per heavy atom. The molecule has 136 valence electrons. The Balaban J connectivity index is 2.70. The molecule has 5 nitrogen and oxygen atoms in total. The largest absolute Gasteiger partial charge is 0.488 e. The summed E-state index contributed by atoms with van der Waals surface area (Å²) in [5.41, 5.74) is 0.359. The molecule has 0 bridgehead atoms. The van der Waals surface area contributed by atoms with Crippen LogP contribution in [0.15, 0.2) is 24.3 Å². The third-order valence-corrected chi connectivity index (χ3v) is 3.62. The molecule has 0 aliphatic carbocycles. The first kappa shape index (κ1) is 20.3. The van der Waals surface area contributed by atoms with Crippen LogP contribution in [0.4, 0.5) is 4.79 Å². The molecule has 0 aliphatic rings. The van der Waals surface area contributed by atoms with Crippen molar-refractivity contribution < 1.29 is 19.4 Å². The van der Waals surface area contributed by atoms with Crippen molar-refractivity contribution in [2.45, 2.75) is 65.1 Å². The van der Waals surface area contributed by atoms with Crippen molar-refractivity contribution in [2.75, 3.05) is 13.2 Å². The lowest BCUT2D eigenvalue weighted by molar-refractivity contribution is 0.0524. The van der Waals surface area contributed by atoms with Crippen LogP contribution < -0.4 is 10.1 Å². The quantitative estimate of drug-likeness (QED) is 0.797. The number of para-hydroxylation sites is 1. The summed E-state index contributed by atoms with van der Waals surface area (Å²) in [7, 11) is 0. The van der Waals surface area contributed by atoms with Gasteiger partial charge in [-0.05, 0) is 51.2 Å². The molecule has 0 saturated carbocycles. The number of ether oxygens (including phenoxy) is 2. The number of amides is 1. The van der Waals surface area contributed by atoms with Crippen LogP contribution in [0.2, 0.25) is 0 Å². The molecule has 1 atom stereocenters. The van der Waals surface area contributed by atoms with Gasteiger partial charge in [-0.15, -0.1) is 0 Å². The number of carbonyl (C=O) groups is 1. The summed E-state index contributed by atoms with van der Waals surface area (Å²) in [6.07, 6.45) is 0.0682. The lowest BCUT2D eigenvalue weighted by Gasteiger charge is -2.29. The van der Waals surface area contributed by atoms with Crippen molar-refractivity contribution in [3.8, 4) is 5.75 Å². The molecule has 0 heterocycles. The molecule has 1 amide bonds. The standard InChI is InChI=1S/C19H31NO4/c1-14(13-21)23-16-10-8-7-9-15(16)19(5,6)11-12-20-17(22)24-18(2,3)4/h7-10,14,21H,11-13H2,1-6H3,(H,20,22)/t14-/m1/s1. The zero-order valence-electron chi connectivity index (χ0n) is 15.7. The van der Waals surface area contributed by atoms with Gasteiger partial charge >= 0.3 is 6.09 Å². The van der Waals surface area contributed by atoms with E-state index in [1.54, 1.807) is 0 Å². The topological polar surface area (TPSA) is 67.8 Å². The Morgan fingerprint density at radius 3 is 2.42 bits per heavy atom. The molecule has 0 spiro atoms. The molecular formula is C19H31NO4. The van der Waals surface area contributed by atoms with Crippen molar-refractivity contribution in [3.63, 3.8) is 0 Å². The highest BCUT2D eigenvalue weighted by Gasteiger charge is 2.25. The summed E-state index contributed by atoms with van der Waals surface area (Å²) >= 11 is 0. The number of hydrogen-bond acceptors (Lipinski definition) is 4. The first-order chi connectivity index (χ1) is 11.0. The van der Waals surface area contributed by atoms with Crippen molar-refractivity contribution >= 4 is 6.09 Å². The predicted octanol–water partition coefficient (Wildman–Crippen LogP) is 3.64. The van der Waals surface area contributed by atoms with Gasteiger partial charge in [0.15, 0.2) is 0 Å². The van der Waals surface area contributed by atoms with E-state index in [2.05, 4.69) is 19.2 Å². The lowest BCUT2D eigenvalue weighted by atomic mass is 9.81. The van der Waals surface area contributed by atoms with E-state index in [-0.39, 0.29) is 18.1 Å². The summed E-state index contributed by atoms with van der Waals surface area (Å²) in [6, 6.07) is 7.81. The molecular weight excluding hydrogens is 306 g/mol. The van der Waals surface area contributed by atoms with Crippen molar-refractivity contribution in [2.24, 2.45) is 0 Å². The maximum Gasteiger partial charge on any atom is 0.407 e. The fraction of sp³-hybridized carbons (Fsp3) is 0.632. The molecule has 2 N–H and O–H groups in total. The van der Waals surface area contributed by atoms with Gasteiger partial charge in [-0.25, -0.2) is 4.79 Å². The highest BCUT2D eigenvalue weighted by molar-refractivity contribution is 5.67. The van der Waals surface area contributed by atoms with Crippen LogP contribution in [0, 0.1) is 0 Å². The van der Waals surface area contributed by atoms with E-state index in [9.17, 15) is 9.90 Å². The Morgan fingerprint density at radius 1 is 1.21 bits per heavy atom. The SMILES string of the molecule is C[C@H](CO)Oc1ccccc1C(C)(C)CCNC(=O)OC(C)(C)C. The van der Waals surface area contributed by atoms with E-state index in [0.29, 0.717) is 6.54 Å². The highest BCUT2D eigenvalue weighted by Crippen LogP contribution is 2.34. The molecule has 1 rings (SSSR count). The molecule has 0 aromatic heterocycles. The normalized spacial score (nSPS) is 13.3. The average molecular weight is 337 g/mol. The van der Waals surface area contributed by atoms with Crippen LogP contribution in [0.5, 0.6) is 5.75 Å². The second-order valence-electron chi connectivity index (χ2n) is 7.67. The Kier molecular flexibility index (Phi) is 7.08. The van der Waals surface area contributed by atoms with Gasteiger partial charge in [-0.3, -0.25) is 0 Å². The van der Waals surface area contributed by atoms with Gasteiger partial charge in [0.05, 0.1) is 6.61 Å². The molecule has 1 aromatic rings. The van der Waals surface area contributed by atoms with Gasteiger partial charge in [0, 0.05) is 6.54 Å². The Labute approximate surface area is 145 Å². The molecule has 0 saturated heterocycles. The maximum absolute atomic E-state index is 11.7. The predicted molar refractivity (Wildman–Crippen MR) is 95.5 cm³/mol. The fourth-order valence-electron chi connectivity index (χ4n) is 2.31. The zero-order valence-corrected chi connectivity index (χ0v) is 15.7. The van der Waals surface area contributed by atoms with E-state index in [1.165, 1.54) is 0 Å². The lowest BCUT2D eigenvalue weighted by Crippen LogP contribution is -2.35. The van der Waals surface area contributed by atoms with Gasteiger partial charge < -0.3 is 19.9 Å². The van der Waals surface area contributed by atoms with Crippen molar-refractivity contribution in [1.82, 2.24) is 5.32 Å². The van der Waals surface area contributed by atoms with Gasteiger partial charge in [0.1, 0.15) is 17.5 Å². The van der Waals surface area contributed by atoms with Crippen LogP contribution in [0.3, 0.4) is 0 Å². The first-order valence-corrected chi connectivity index (χ1v) is 8.39. The maximum atomic E-state index is 11.7. The molecule has 1 aromatic carbocycles. The minimum absolute atomic E-state index is 0.0328. The molecule has 24 heavy (non-hydrogen) atoms. The smallest absolute Gasteiger partial charge is 0.407 e. The number of carbonyl (C=O) groups excluding carboxylic acids is 1. The second-order valence-corrected chi connectivity index (χ2v) is 7.67. The summed E-state index contributed by atoms with van der Waals surface area (Å²) in [6.45, 7) is 12.0. The van der Waals surface area contributed by atoms with Crippen LogP contribution in [0.1, 0.15) is 53.5 Å². The van der Waals surface area contributed by atoms with Crippen LogP contribution >= 0.6 is 0 Å². The Bertz CT molecular complexity index is 534. The van der Waals surface area contributed by atoms with Crippen molar-refractivity contribution in [3.05, 3.63) is 29.8 Å². The molecule has 0 aliphatic heterocycles. The summed E-state index contributed by atoms with van der Waals surface area (Å²) in [4.78, 5) is 11.7. The number of rotatable bonds is 7. The fourth-order valence-corrected chi connectivity index (χ4v) is 2.31. The van der Waals surface area contributed by atoms with Gasteiger partial charge in [-0.1, -0.05) is 32.0 Å². The van der Waals surface area contributed by atoms with Crippen LogP contribution in [0.25, 0.3) is 0 Å². The van der Waals surface area contributed by atoms with Crippen molar-refractivity contribution in [1.29, 1.82) is 0 Å². The number of benzene rings is 1. The first-order valence-electron chi connectivity index (χ1n) is 8.39. The Hall–Kier alpha value is -1.75. The minimum Gasteiger partial charge on any atom is -0.488 e. The summed E-state index contributed by atoms with van der Waals surface area (Å²) < 4.78 is 11.1. The number of nitrogens with one attached hydrogen (secondary N) is 1. The monoisotopic (exact) mass is 337 g/mol. The number of alkyl carbamates (subject to hydrolysis) is 1. The number of aliphatic hydroxyl groups excluding tert-OH is 1.